The summed E-state index contributed by atoms with van der Waals surface area (Å²) in [5.74, 6) is -2.31. The number of anilines is 2. The summed E-state index contributed by atoms with van der Waals surface area (Å²) >= 11 is 0. The fourth-order valence-corrected chi connectivity index (χ4v) is 1.84. The first kappa shape index (κ1) is 14.8. The average Bonchev–Trinajstić information content (AvgIpc) is 2.38. The molecular weight excluding hydrogens is 249 g/mol. The topological polar surface area (TPSA) is 90.4 Å². The van der Waals surface area contributed by atoms with Crippen LogP contribution in [0.3, 0.4) is 0 Å². The molecule has 1 rings (SSSR count). The molecule has 19 heavy (non-hydrogen) atoms. The summed E-state index contributed by atoms with van der Waals surface area (Å²) in [5, 5.41) is 18.0. The molecule has 0 aliphatic carbocycles. The lowest BCUT2D eigenvalue weighted by Gasteiger charge is -2.26. The molecular formula is C13H16FN3O2. The summed E-state index contributed by atoms with van der Waals surface area (Å²) in [6, 6.07) is 4.59. The van der Waals surface area contributed by atoms with E-state index in [9.17, 15) is 9.18 Å². The predicted molar refractivity (Wildman–Crippen MR) is 70.4 cm³/mol. The van der Waals surface area contributed by atoms with Crippen LogP contribution < -0.4 is 10.6 Å². The van der Waals surface area contributed by atoms with Crippen molar-refractivity contribution in [2.24, 2.45) is 5.92 Å². The molecule has 0 aliphatic heterocycles. The summed E-state index contributed by atoms with van der Waals surface area (Å²) in [7, 11) is 0. The number of nitriles is 1. The van der Waals surface area contributed by atoms with E-state index in [4.69, 9.17) is 16.1 Å². The number of carbonyl (C=O) groups is 1. The predicted octanol–water partition coefficient (Wildman–Crippen LogP) is 2.09. The molecule has 3 N–H and O–H groups in total. The summed E-state index contributed by atoms with van der Waals surface area (Å²) in [6.07, 6.45) is 0. The zero-order chi connectivity index (χ0) is 14.6. The third kappa shape index (κ3) is 3.13. The van der Waals surface area contributed by atoms with E-state index in [1.165, 1.54) is 6.07 Å². The number of carboxylic acids is 1. The summed E-state index contributed by atoms with van der Waals surface area (Å²) in [6.45, 7) is 4.42. The SMILES string of the molecule is CCN(CC(C)C#N)c1ccc(F)c(N)c1C(=O)O. The van der Waals surface area contributed by atoms with Gasteiger partial charge in [-0.05, 0) is 26.0 Å². The summed E-state index contributed by atoms with van der Waals surface area (Å²) in [5.41, 5.74) is 5.18. The Morgan fingerprint density at radius 1 is 1.63 bits per heavy atom. The van der Waals surface area contributed by atoms with Crippen LogP contribution in [0.1, 0.15) is 24.2 Å². The van der Waals surface area contributed by atoms with Crippen molar-refractivity contribution in [2.45, 2.75) is 13.8 Å². The van der Waals surface area contributed by atoms with Gasteiger partial charge in [-0.3, -0.25) is 0 Å². The van der Waals surface area contributed by atoms with Crippen molar-refractivity contribution < 1.29 is 14.3 Å². The van der Waals surface area contributed by atoms with E-state index in [-0.39, 0.29) is 17.2 Å². The molecule has 0 saturated carbocycles. The van der Waals surface area contributed by atoms with Crippen LogP contribution in [0.15, 0.2) is 12.1 Å². The highest BCUT2D eigenvalue weighted by atomic mass is 19.1. The van der Waals surface area contributed by atoms with E-state index in [0.29, 0.717) is 18.8 Å². The van der Waals surface area contributed by atoms with E-state index >= 15 is 0 Å². The van der Waals surface area contributed by atoms with Gasteiger partial charge in [0.2, 0.25) is 0 Å². The lowest BCUT2D eigenvalue weighted by Crippen LogP contribution is -2.29. The normalized spacial score (nSPS) is 11.7. The molecule has 5 nitrogen and oxygen atoms in total. The zero-order valence-corrected chi connectivity index (χ0v) is 10.9. The van der Waals surface area contributed by atoms with Crippen molar-refractivity contribution in [3.8, 4) is 6.07 Å². The fourth-order valence-electron chi connectivity index (χ4n) is 1.84. The van der Waals surface area contributed by atoms with E-state index in [1.54, 1.807) is 11.8 Å². The van der Waals surface area contributed by atoms with Crippen LogP contribution >= 0.6 is 0 Å². The lowest BCUT2D eigenvalue weighted by molar-refractivity contribution is 0.0698. The number of nitrogens with two attached hydrogens (primary N) is 1. The highest BCUT2D eigenvalue weighted by Crippen LogP contribution is 2.28. The van der Waals surface area contributed by atoms with Crippen molar-refractivity contribution in [2.75, 3.05) is 23.7 Å². The monoisotopic (exact) mass is 265 g/mol. The van der Waals surface area contributed by atoms with Gasteiger partial charge in [0.25, 0.3) is 0 Å². The molecule has 0 saturated heterocycles. The van der Waals surface area contributed by atoms with Gasteiger partial charge in [0.1, 0.15) is 11.4 Å². The minimum absolute atomic E-state index is 0.257. The highest BCUT2D eigenvalue weighted by molar-refractivity contribution is 6.00. The number of halogens is 1. The first-order chi connectivity index (χ1) is 8.92. The average molecular weight is 265 g/mol. The molecule has 1 aromatic rings. The summed E-state index contributed by atoms with van der Waals surface area (Å²) < 4.78 is 13.4. The van der Waals surface area contributed by atoms with Gasteiger partial charge < -0.3 is 15.7 Å². The number of benzene rings is 1. The number of nitrogen functional groups attached to an aromatic ring is 1. The smallest absolute Gasteiger partial charge is 0.340 e. The van der Waals surface area contributed by atoms with Crippen LogP contribution in [0.5, 0.6) is 0 Å². The largest absolute Gasteiger partial charge is 0.478 e. The van der Waals surface area contributed by atoms with Crippen LogP contribution in [0.4, 0.5) is 15.8 Å². The first-order valence-electron chi connectivity index (χ1n) is 5.88. The van der Waals surface area contributed by atoms with Crippen molar-refractivity contribution in [3.63, 3.8) is 0 Å². The van der Waals surface area contributed by atoms with Crippen LogP contribution in [0.25, 0.3) is 0 Å². The number of nitrogens with zero attached hydrogens (tertiary/aromatic N) is 2. The maximum Gasteiger partial charge on any atom is 0.340 e. The van der Waals surface area contributed by atoms with Gasteiger partial charge in [0.15, 0.2) is 0 Å². The number of hydrogen-bond acceptors (Lipinski definition) is 4. The molecule has 0 aromatic heterocycles. The van der Waals surface area contributed by atoms with Crippen LogP contribution in [0.2, 0.25) is 0 Å². The van der Waals surface area contributed by atoms with E-state index in [2.05, 4.69) is 6.07 Å². The van der Waals surface area contributed by atoms with Crippen LogP contribution in [-0.4, -0.2) is 24.2 Å². The Morgan fingerprint density at radius 2 is 2.26 bits per heavy atom. The minimum Gasteiger partial charge on any atom is -0.478 e. The van der Waals surface area contributed by atoms with Crippen molar-refractivity contribution in [1.29, 1.82) is 5.26 Å². The standard InChI is InChI=1S/C13H16FN3O2/c1-3-17(7-8(2)6-15)10-5-4-9(14)12(16)11(10)13(18)19/h4-5,8H,3,7,16H2,1-2H3,(H,18,19). The van der Waals surface area contributed by atoms with Crippen molar-refractivity contribution in [1.82, 2.24) is 0 Å². The molecule has 0 fully saturated rings. The number of hydrogen-bond donors (Lipinski definition) is 2. The highest BCUT2D eigenvalue weighted by Gasteiger charge is 2.21. The molecule has 102 valence electrons. The Morgan fingerprint density at radius 3 is 2.74 bits per heavy atom. The van der Waals surface area contributed by atoms with Gasteiger partial charge in [0.05, 0.1) is 23.4 Å². The Balaban J connectivity index is 3.28. The number of aromatic carboxylic acids is 1. The summed E-state index contributed by atoms with van der Waals surface area (Å²) in [4.78, 5) is 12.9. The molecule has 0 heterocycles. The van der Waals surface area contributed by atoms with Crippen LogP contribution in [-0.2, 0) is 0 Å². The maximum atomic E-state index is 13.4. The Kier molecular flexibility index (Phi) is 4.70. The Labute approximate surface area is 111 Å². The Hall–Kier alpha value is -2.29. The fraction of sp³-hybridized carbons (Fsp3) is 0.385. The molecule has 1 atom stereocenters. The second-order valence-electron chi connectivity index (χ2n) is 4.23. The van der Waals surface area contributed by atoms with E-state index < -0.39 is 11.8 Å². The lowest BCUT2D eigenvalue weighted by atomic mass is 10.1. The second-order valence-corrected chi connectivity index (χ2v) is 4.23. The van der Waals surface area contributed by atoms with Crippen molar-refractivity contribution in [3.05, 3.63) is 23.5 Å². The first-order valence-corrected chi connectivity index (χ1v) is 5.88. The van der Waals surface area contributed by atoms with Gasteiger partial charge in [-0.25, -0.2) is 9.18 Å². The van der Waals surface area contributed by atoms with E-state index in [1.807, 2.05) is 6.92 Å². The van der Waals surface area contributed by atoms with Gasteiger partial charge in [-0.15, -0.1) is 0 Å². The maximum absolute atomic E-state index is 13.4. The number of carboxylic acid groups (broad SMARTS) is 1. The molecule has 0 amide bonds. The van der Waals surface area contributed by atoms with E-state index in [0.717, 1.165) is 6.07 Å². The molecule has 1 unspecified atom stereocenters. The van der Waals surface area contributed by atoms with Gasteiger partial charge in [-0.2, -0.15) is 5.26 Å². The molecule has 1 aromatic carbocycles. The Bertz CT molecular complexity index is 525. The van der Waals surface area contributed by atoms with Gasteiger partial charge in [0, 0.05) is 13.1 Å². The quantitative estimate of drug-likeness (QED) is 0.795. The second kappa shape index (κ2) is 6.05. The molecule has 0 aliphatic rings. The zero-order valence-electron chi connectivity index (χ0n) is 10.9. The number of rotatable bonds is 5. The molecule has 0 bridgehead atoms. The third-order valence-electron chi connectivity index (χ3n) is 2.82. The molecule has 6 heteroatoms. The van der Waals surface area contributed by atoms with Gasteiger partial charge >= 0.3 is 5.97 Å². The molecule has 0 radical (unpaired) electrons. The third-order valence-corrected chi connectivity index (χ3v) is 2.82. The van der Waals surface area contributed by atoms with Crippen molar-refractivity contribution >= 4 is 17.3 Å². The molecule has 0 spiro atoms. The van der Waals surface area contributed by atoms with Gasteiger partial charge in [-0.1, -0.05) is 0 Å². The van der Waals surface area contributed by atoms with Crippen LogP contribution in [0, 0.1) is 23.1 Å². The minimum atomic E-state index is -1.28.